The highest BCUT2D eigenvalue weighted by atomic mass is 19.2. The highest BCUT2D eigenvalue weighted by Crippen LogP contribution is 2.31. The van der Waals surface area contributed by atoms with Gasteiger partial charge in [0.1, 0.15) is 0 Å². The summed E-state index contributed by atoms with van der Waals surface area (Å²) in [5.74, 6) is -1.63. The molecule has 0 spiro atoms. The Morgan fingerprint density at radius 2 is 1.23 bits per heavy atom. The lowest BCUT2D eigenvalue weighted by molar-refractivity contribution is 0.200. The van der Waals surface area contributed by atoms with Crippen molar-refractivity contribution >= 4 is 5.69 Å². The SMILES string of the molecule is Cc1cc(-c2cncc(CN3CCC(N(Cc4cccc(-c5cc(C)c(C)c(C)c5)c4)c4ccc(F)c(F)c4)CC3)c2)cc(C)c1C. The maximum atomic E-state index is 14.5. The number of nitrogens with zero attached hydrogens (tertiary/aromatic N) is 3. The third-order valence-corrected chi connectivity index (χ3v) is 10.2. The van der Waals surface area contributed by atoms with Crippen molar-refractivity contribution in [1.82, 2.24) is 9.88 Å². The third kappa shape index (κ3) is 7.31. The molecule has 0 atom stereocenters. The lowest BCUT2D eigenvalue weighted by atomic mass is 9.95. The van der Waals surface area contributed by atoms with Crippen LogP contribution in [-0.4, -0.2) is 29.0 Å². The highest BCUT2D eigenvalue weighted by Gasteiger charge is 2.26. The first-order chi connectivity index (χ1) is 22.5. The summed E-state index contributed by atoms with van der Waals surface area (Å²) < 4.78 is 28.6. The molecule has 2 heterocycles. The van der Waals surface area contributed by atoms with E-state index in [2.05, 4.69) is 111 Å². The second-order valence-corrected chi connectivity index (χ2v) is 13.5. The number of benzene rings is 4. The highest BCUT2D eigenvalue weighted by molar-refractivity contribution is 5.68. The fourth-order valence-electron chi connectivity index (χ4n) is 6.92. The van der Waals surface area contributed by atoms with Crippen LogP contribution in [0, 0.1) is 53.2 Å². The zero-order chi connectivity index (χ0) is 33.2. The van der Waals surface area contributed by atoms with Crippen LogP contribution < -0.4 is 4.90 Å². The van der Waals surface area contributed by atoms with Gasteiger partial charge >= 0.3 is 0 Å². The summed E-state index contributed by atoms with van der Waals surface area (Å²) in [4.78, 5) is 9.35. The summed E-state index contributed by atoms with van der Waals surface area (Å²) in [7, 11) is 0. The van der Waals surface area contributed by atoms with Crippen molar-refractivity contribution in [1.29, 1.82) is 0 Å². The van der Waals surface area contributed by atoms with Crippen LogP contribution >= 0.6 is 0 Å². The van der Waals surface area contributed by atoms with Crippen molar-refractivity contribution in [2.24, 2.45) is 0 Å². The van der Waals surface area contributed by atoms with Gasteiger partial charge in [-0.1, -0.05) is 42.5 Å². The van der Waals surface area contributed by atoms with Gasteiger partial charge in [0.2, 0.25) is 0 Å². The van der Waals surface area contributed by atoms with Gasteiger partial charge in [0.05, 0.1) is 0 Å². The summed E-state index contributed by atoms with van der Waals surface area (Å²) in [6.07, 6.45) is 5.78. The van der Waals surface area contributed by atoms with Gasteiger partial charge in [-0.2, -0.15) is 0 Å². The number of halogens is 2. The Kier molecular flexibility index (Phi) is 9.56. The Morgan fingerprint density at radius 3 is 1.85 bits per heavy atom. The van der Waals surface area contributed by atoms with E-state index in [1.54, 1.807) is 6.07 Å². The Hall–Kier alpha value is -4.35. The number of rotatable bonds is 8. The topological polar surface area (TPSA) is 19.4 Å². The van der Waals surface area contributed by atoms with E-state index in [0.29, 0.717) is 6.54 Å². The maximum Gasteiger partial charge on any atom is 0.160 e. The van der Waals surface area contributed by atoms with E-state index in [0.717, 1.165) is 49.3 Å². The van der Waals surface area contributed by atoms with E-state index in [1.165, 1.54) is 67.8 Å². The molecule has 6 rings (SSSR count). The summed E-state index contributed by atoms with van der Waals surface area (Å²) in [6.45, 7) is 16.3. The largest absolute Gasteiger partial charge is 0.364 e. The van der Waals surface area contributed by atoms with E-state index in [1.807, 2.05) is 12.4 Å². The first-order valence-electron chi connectivity index (χ1n) is 16.7. The molecular weight excluding hydrogens is 584 g/mol. The molecule has 3 nitrogen and oxygen atoms in total. The molecule has 1 fully saturated rings. The number of pyridine rings is 1. The molecule has 242 valence electrons. The molecule has 0 radical (unpaired) electrons. The minimum atomic E-state index is -0.817. The van der Waals surface area contributed by atoms with Crippen molar-refractivity contribution in [3.63, 3.8) is 0 Å². The zero-order valence-electron chi connectivity index (χ0n) is 28.5. The molecule has 0 bridgehead atoms. The van der Waals surface area contributed by atoms with Gasteiger partial charge in [-0.15, -0.1) is 0 Å². The van der Waals surface area contributed by atoms with Crippen molar-refractivity contribution in [3.05, 3.63) is 141 Å². The van der Waals surface area contributed by atoms with E-state index < -0.39 is 11.6 Å². The number of hydrogen-bond donors (Lipinski definition) is 0. The third-order valence-electron chi connectivity index (χ3n) is 10.2. The quantitative estimate of drug-likeness (QED) is 0.170. The molecular formula is C42H45F2N3. The fraction of sp³-hybridized carbons (Fsp3) is 0.310. The molecule has 0 saturated carbocycles. The predicted octanol–water partition coefficient (Wildman–Crippen LogP) is 10.2. The predicted molar refractivity (Wildman–Crippen MR) is 191 cm³/mol. The van der Waals surface area contributed by atoms with Crippen LogP contribution in [0.1, 0.15) is 57.3 Å². The number of hydrogen-bond acceptors (Lipinski definition) is 3. The van der Waals surface area contributed by atoms with Gasteiger partial charge < -0.3 is 4.90 Å². The smallest absolute Gasteiger partial charge is 0.160 e. The van der Waals surface area contributed by atoms with Crippen LogP contribution in [0.5, 0.6) is 0 Å². The second-order valence-electron chi connectivity index (χ2n) is 13.5. The van der Waals surface area contributed by atoms with Crippen molar-refractivity contribution in [3.8, 4) is 22.3 Å². The van der Waals surface area contributed by atoms with E-state index in [4.69, 9.17) is 0 Å². The van der Waals surface area contributed by atoms with Crippen molar-refractivity contribution in [2.75, 3.05) is 18.0 Å². The van der Waals surface area contributed by atoms with E-state index >= 15 is 0 Å². The minimum Gasteiger partial charge on any atom is -0.364 e. The summed E-state index contributed by atoms with van der Waals surface area (Å²) in [6, 6.07) is 24.4. The standard InChI is InChI=1S/C42H45F2N3/c1-27-16-36(17-28(2)31(27)5)35-9-7-8-33(20-35)26-47(40-10-11-41(43)42(44)22-40)39-12-14-46(15-13-39)25-34-21-38(24-45-23-34)37-18-29(3)32(6)30(4)19-37/h7-11,16-24,39H,12-15,25-26H2,1-6H3. The molecule has 0 unspecified atom stereocenters. The molecule has 0 aliphatic carbocycles. The van der Waals surface area contributed by atoms with Crippen LogP contribution in [-0.2, 0) is 13.1 Å². The van der Waals surface area contributed by atoms with Crippen LogP contribution in [0.25, 0.3) is 22.3 Å². The lowest BCUT2D eigenvalue weighted by Crippen LogP contribution is -2.44. The second kappa shape index (κ2) is 13.8. The number of piperidine rings is 1. The van der Waals surface area contributed by atoms with E-state index in [9.17, 15) is 8.78 Å². The molecule has 1 aliphatic rings. The summed E-state index contributed by atoms with van der Waals surface area (Å²) in [5, 5.41) is 0. The van der Waals surface area contributed by atoms with Crippen LogP contribution in [0.3, 0.4) is 0 Å². The Morgan fingerprint density at radius 1 is 0.638 bits per heavy atom. The molecule has 1 aliphatic heterocycles. The molecule has 5 aromatic rings. The van der Waals surface area contributed by atoms with Gasteiger partial charge in [-0.05, 0) is 140 Å². The molecule has 4 aromatic carbocycles. The monoisotopic (exact) mass is 629 g/mol. The van der Waals surface area contributed by atoms with Gasteiger partial charge in [0.15, 0.2) is 11.6 Å². The van der Waals surface area contributed by atoms with Crippen LogP contribution in [0.4, 0.5) is 14.5 Å². The Balaban J connectivity index is 1.19. The zero-order valence-corrected chi connectivity index (χ0v) is 28.5. The number of anilines is 1. The Bertz CT molecular complexity index is 1860. The minimum absolute atomic E-state index is 0.201. The van der Waals surface area contributed by atoms with Crippen molar-refractivity contribution in [2.45, 2.75) is 73.5 Å². The Labute approximate surface area is 278 Å². The molecule has 0 N–H and O–H groups in total. The lowest BCUT2D eigenvalue weighted by Gasteiger charge is -2.40. The molecule has 1 aromatic heterocycles. The van der Waals surface area contributed by atoms with Gasteiger partial charge in [-0.25, -0.2) is 8.78 Å². The van der Waals surface area contributed by atoms with Crippen LogP contribution in [0.2, 0.25) is 0 Å². The average Bonchev–Trinajstić information content (AvgIpc) is 3.06. The van der Waals surface area contributed by atoms with Gasteiger partial charge in [-0.3, -0.25) is 9.88 Å². The number of aromatic nitrogens is 1. The van der Waals surface area contributed by atoms with Gasteiger partial charge in [0.25, 0.3) is 0 Å². The summed E-state index contributed by atoms with van der Waals surface area (Å²) >= 11 is 0. The normalized spacial score (nSPS) is 14.0. The first-order valence-corrected chi connectivity index (χ1v) is 16.7. The number of likely N-dealkylation sites (tertiary alicyclic amines) is 1. The first kappa shape index (κ1) is 32.6. The van der Waals surface area contributed by atoms with Crippen LogP contribution in [0.15, 0.2) is 85.2 Å². The summed E-state index contributed by atoms with van der Waals surface area (Å²) in [5.41, 5.74) is 15.6. The molecule has 5 heteroatoms. The van der Waals surface area contributed by atoms with Crippen molar-refractivity contribution < 1.29 is 8.78 Å². The fourth-order valence-corrected chi connectivity index (χ4v) is 6.92. The molecule has 47 heavy (non-hydrogen) atoms. The molecule has 0 amide bonds. The maximum absolute atomic E-state index is 14.5. The average molecular weight is 630 g/mol. The molecule has 1 saturated heterocycles. The number of aryl methyl sites for hydroxylation is 4. The van der Waals surface area contributed by atoms with Gasteiger partial charge in [0, 0.05) is 61.9 Å². The van der Waals surface area contributed by atoms with E-state index in [-0.39, 0.29) is 6.04 Å².